The highest BCUT2D eigenvalue weighted by molar-refractivity contribution is 5.87. The first-order valence-corrected chi connectivity index (χ1v) is 7.57. The van der Waals surface area contributed by atoms with Crippen molar-refractivity contribution in [3.63, 3.8) is 0 Å². The molecule has 6 nitrogen and oxygen atoms in total. The lowest BCUT2D eigenvalue weighted by molar-refractivity contribution is -0.135. The minimum absolute atomic E-state index is 0.0345. The smallest absolute Gasteiger partial charge is 0.240 e. The number of hydrogen-bond donors (Lipinski definition) is 2. The second-order valence-corrected chi connectivity index (χ2v) is 5.47. The fourth-order valence-corrected chi connectivity index (χ4v) is 2.89. The van der Waals surface area contributed by atoms with E-state index in [4.69, 9.17) is 4.74 Å². The normalized spacial score (nSPS) is 26.6. The SMILES string of the molecule is CCC1(C(=O)NCCC(=O)N2CCOCC2)CCCN1. The van der Waals surface area contributed by atoms with Crippen molar-refractivity contribution in [1.29, 1.82) is 0 Å². The summed E-state index contributed by atoms with van der Waals surface area (Å²) in [5, 5.41) is 6.20. The van der Waals surface area contributed by atoms with Crippen molar-refractivity contribution in [2.75, 3.05) is 39.4 Å². The lowest BCUT2D eigenvalue weighted by Crippen LogP contribution is -2.53. The Hall–Kier alpha value is -1.14. The minimum atomic E-state index is -0.415. The molecule has 0 saturated carbocycles. The van der Waals surface area contributed by atoms with Crippen molar-refractivity contribution < 1.29 is 14.3 Å². The highest BCUT2D eigenvalue weighted by Crippen LogP contribution is 2.22. The van der Waals surface area contributed by atoms with E-state index in [0.29, 0.717) is 39.3 Å². The molecule has 2 heterocycles. The number of nitrogens with one attached hydrogen (secondary N) is 2. The topological polar surface area (TPSA) is 70.7 Å². The Balaban J connectivity index is 1.72. The largest absolute Gasteiger partial charge is 0.378 e. The number of nitrogens with zero attached hydrogens (tertiary/aromatic N) is 1. The Morgan fingerprint density at radius 3 is 2.70 bits per heavy atom. The van der Waals surface area contributed by atoms with Crippen molar-refractivity contribution >= 4 is 11.8 Å². The third-order valence-electron chi connectivity index (χ3n) is 4.27. The van der Waals surface area contributed by atoms with Gasteiger partial charge >= 0.3 is 0 Å². The first kappa shape index (κ1) is 15.3. The number of amides is 2. The minimum Gasteiger partial charge on any atom is -0.378 e. The predicted octanol–water partition coefficient (Wildman–Crippen LogP) is -0.116. The van der Waals surface area contributed by atoms with Crippen molar-refractivity contribution in [3.05, 3.63) is 0 Å². The number of morpholine rings is 1. The molecule has 0 aromatic heterocycles. The van der Waals surface area contributed by atoms with Crippen LogP contribution in [0.1, 0.15) is 32.6 Å². The van der Waals surface area contributed by atoms with Crippen LogP contribution in [0.4, 0.5) is 0 Å². The van der Waals surface area contributed by atoms with Crippen molar-refractivity contribution in [1.82, 2.24) is 15.5 Å². The molecule has 2 fully saturated rings. The van der Waals surface area contributed by atoms with Crippen LogP contribution in [0.2, 0.25) is 0 Å². The van der Waals surface area contributed by atoms with Crippen LogP contribution >= 0.6 is 0 Å². The van der Waals surface area contributed by atoms with Gasteiger partial charge in [-0.05, 0) is 25.8 Å². The first-order valence-electron chi connectivity index (χ1n) is 7.57. The van der Waals surface area contributed by atoms with Crippen molar-refractivity contribution in [3.8, 4) is 0 Å². The zero-order valence-electron chi connectivity index (χ0n) is 12.2. The van der Waals surface area contributed by atoms with E-state index in [-0.39, 0.29) is 11.8 Å². The average Bonchev–Trinajstić information content (AvgIpc) is 2.98. The van der Waals surface area contributed by atoms with Gasteiger partial charge in [0.1, 0.15) is 0 Å². The maximum absolute atomic E-state index is 12.2. The van der Waals surface area contributed by atoms with E-state index in [0.717, 1.165) is 25.8 Å². The summed E-state index contributed by atoms with van der Waals surface area (Å²) >= 11 is 0. The molecular weight excluding hydrogens is 258 g/mol. The highest BCUT2D eigenvalue weighted by Gasteiger charge is 2.38. The summed E-state index contributed by atoms with van der Waals surface area (Å²) in [6.45, 7) is 5.88. The standard InChI is InChI=1S/C14H25N3O3/c1-2-14(5-3-6-16-14)13(19)15-7-4-12(18)17-8-10-20-11-9-17/h16H,2-11H2,1H3,(H,15,19). The van der Waals surface area contributed by atoms with Gasteiger partial charge in [0.25, 0.3) is 0 Å². The monoisotopic (exact) mass is 283 g/mol. The quantitative estimate of drug-likeness (QED) is 0.738. The van der Waals surface area contributed by atoms with Gasteiger partial charge in [0, 0.05) is 26.1 Å². The molecule has 0 spiro atoms. The zero-order chi connectivity index (χ0) is 14.4. The van der Waals surface area contributed by atoms with Crippen LogP contribution in [0.25, 0.3) is 0 Å². The fraction of sp³-hybridized carbons (Fsp3) is 0.857. The molecular formula is C14H25N3O3. The third-order valence-corrected chi connectivity index (χ3v) is 4.27. The van der Waals surface area contributed by atoms with E-state index in [1.807, 2.05) is 6.92 Å². The number of ether oxygens (including phenoxy) is 1. The Morgan fingerprint density at radius 2 is 2.10 bits per heavy atom. The first-order chi connectivity index (χ1) is 9.68. The third kappa shape index (κ3) is 3.49. The van der Waals surface area contributed by atoms with Crippen molar-refractivity contribution in [2.45, 2.75) is 38.1 Å². The van der Waals surface area contributed by atoms with E-state index in [2.05, 4.69) is 10.6 Å². The summed E-state index contributed by atoms with van der Waals surface area (Å²) in [6.07, 6.45) is 3.07. The van der Waals surface area contributed by atoms with Gasteiger partial charge in [-0.2, -0.15) is 0 Å². The van der Waals surface area contributed by atoms with Crippen molar-refractivity contribution in [2.24, 2.45) is 0 Å². The molecule has 0 radical (unpaired) electrons. The van der Waals surface area contributed by atoms with Gasteiger partial charge in [-0.25, -0.2) is 0 Å². The Labute approximate surface area is 120 Å². The van der Waals surface area contributed by atoms with Crippen LogP contribution in [0.3, 0.4) is 0 Å². The summed E-state index contributed by atoms with van der Waals surface area (Å²) in [5.74, 6) is 0.130. The molecule has 0 aromatic carbocycles. The summed E-state index contributed by atoms with van der Waals surface area (Å²) in [5.41, 5.74) is -0.415. The summed E-state index contributed by atoms with van der Waals surface area (Å²) in [7, 11) is 0. The molecule has 114 valence electrons. The maximum atomic E-state index is 12.2. The lowest BCUT2D eigenvalue weighted by atomic mass is 9.93. The predicted molar refractivity (Wildman–Crippen MR) is 75.3 cm³/mol. The van der Waals surface area contributed by atoms with Gasteiger partial charge in [0.05, 0.1) is 18.8 Å². The summed E-state index contributed by atoms with van der Waals surface area (Å²) in [6, 6.07) is 0. The second-order valence-electron chi connectivity index (χ2n) is 5.47. The molecule has 1 unspecified atom stereocenters. The zero-order valence-corrected chi connectivity index (χ0v) is 12.2. The highest BCUT2D eigenvalue weighted by atomic mass is 16.5. The molecule has 2 N–H and O–H groups in total. The van der Waals surface area contributed by atoms with Gasteiger partial charge < -0.3 is 20.3 Å². The Kier molecular flexibility index (Phi) is 5.37. The molecule has 0 aromatic rings. The number of hydrogen-bond acceptors (Lipinski definition) is 4. The van der Waals surface area contributed by atoms with E-state index in [1.54, 1.807) is 4.90 Å². The maximum Gasteiger partial charge on any atom is 0.240 e. The van der Waals surface area contributed by atoms with Crippen LogP contribution in [0, 0.1) is 0 Å². The molecule has 0 bridgehead atoms. The van der Waals surface area contributed by atoms with Crippen LogP contribution in [0.15, 0.2) is 0 Å². The molecule has 2 aliphatic rings. The number of rotatable bonds is 5. The van der Waals surface area contributed by atoms with E-state index in [9.17, 15) is 9.59 Å². The molecule has 6 heteroatoms. The Bertz CT molecular complexity index is 348. The fourth-order valence-electron chi connectivity index (χ4n) is 2.89. The van der Waals surface area contributed by atoms with Crippen LogP contribution in [-0.2, 0) is 14.3 Å². The molecule has 2 aliphatic heterocycles. The van der Waals surface area contributed by atoms with E-state index < -0.39 is 5.54 Å². The molecule has 1 atom stereocenters. The molecule has 2 saturated heterocycles. The summed E-state index contributed by atoms with van der Waals surface area (Å²) < 4.78 is 5.22. The van der Waals surface area contributed by atoms with E-state index >= 15 is 0 Å². The second kappa shape index (κ2) is 7.04. The van der Waals surface area contributed by atoms with Crippen LogP contribution < -0.4 is 10.6 Å². The molecule has 0 aliphatic carbocycles. The molecule has 2 amide bonds. The van der Waals surface area contributed by atoms with Crippen LogP contribution in [-0.4, -0.2) is 61.6 Å². The molecule has 2 rings (SSSR count). The average molecular weight is 283 g/mol. The van der Waals surface area contributed by atoms with Gasteiger partial charge in [0.15, 0.2) is 0 Å². The van der Waals surface area contributed by atoms with Gasteiger partial charge in [-0.3, -0.25) is 9.59 Å². The van der Waals surface area contributed by atoms with Gasteiger partial charge in [-0.15, -0.1) is 0 Å². The van der Waals surface area contributed by atoms with Gasteiger partial charge in [-0.1, -0.05) is 6.92 Å². The van der Waals surface area contributed by atoms with Crippen LogP contribution in [0.5, 0.6) is 0 Å². The summed E-state index contributed by atoms with van der Waals surface area (Å²) in [4.78, 5) is 26.0. The van der Waals surface area contributed by atoms with Gasteiger partial charge in [0.2, 0.25) is 11.8 Å². The lowest BCUT2D eigenvalue weighted by Gasteiger charge is -2.28. The van der Waals surface area contributed by atoms with E-state index in [1.165, 1.54) is 0 Å². The molecule has 20 heavy (non-hydrogen) atoms. The number of carbonyl (C=O) groups is 2. The Morgan fingerprint density at radius 1 is 1.35 bits per heavy atom. The number of carbonyl (C=O) groups excluding carboxylic acids is 2.